The minimum atomic E-state index is -4.66. The van der Waals surface area contributed by atoms with Crippen molar-refractivity contribution in [3.8, 4) is 11.1 Å². The van der Waals surface area contributed by atoms with Gasteiger partial charge in [-0.05, 0) is 47.4 Å². The van der Waals surface area contributed by atoms with Crippen LogP contribution in [0.1, 0.15) is 5.56 Å². The van der Waals surface area contributed by atoms with Crippen LogP contribution < -0.4 is 5.32 Å². The topological polar surface area (TPSA) is 49.3 Å². The van der Waals surface area contributed by atoms with Gasteiger partial charge in [0.2, 0.25) is 0 Å². The molecule has 0 aliphatic carbocycles. The van der Waals surface area contributed by atoms with Gasteiger partial charge in [-0.2, -0.15) is 13.2 Å². The highest BCUT2D eigenvalue weighted by Gasteiger charge is 2.49. The molecule has 2 aromatic carbocycles. The van der Waals surface area contributed by atoms with Gasteiger partial charge >= 0.3 is 12.1 Å². The highest BCUT2D eigenvalue weighted by Crippen LogP contribution is 2.38. The van der Waals surface area contributed by atoms with Gasteiger partial charge in [0.15, 0.2) is 0 Å². The number of benzene rings is 2. The van der Waals surface area contributed by atoms with E-state index in [1.165, 1.54) is 18.2 Å². The molecule has 1 aliphatic heterocycles. The SMILES string of the molecule is O=C(O)[C@@H]1Cc2cc(-c3ccc(F)cc3)ccc2N[C@@H]1C(F)(F)F. The third-order valence-corrected chi connectivity index (χ3v) is 4.11. The summed E-state index contributed by atoms with van der Waals surface area (Å²) in [6, 6.07) is 8.30. The van der Waals surface area contributed by atoms with Gasteiger partial charge in [-0.3, -0.25) is 4.79 Å². The minimum Gasteiger partial charge on any atom is -0.481 e. The summed E-state index contributed by atoms with van der Waals surface area (Å²) in [5.74, 6) is -3.49. The number of hydrogen-bond acceptors (Lipinski definition) is 2. The Balaban J connectivity index is 1.98. The highest BCUT2D eigenvalue weighted by atomic mass is 19.4. The van der Waals surface area contributed by atoms with Crippen LogP contribution in [0.15, 0.2) is 42.5 Å². The van der Waals surface area contributed by atoms with Gasteiger partial charge in [0.05, 0.1) is 5.92 Å². The Morgan fingerprint density at radius 3 is 2.29 bits per heavy atom. The van der Waals surface area contributed by atoms with E-state index in [2.05, 4.69) is 5.32 Å². The molecule has 0 aromatic heterocycles. The van der Waals surface area contributed by atoms with E-state index in [0.29, 0.717) is 16.7 Å². The van der Waals surface area contributed by atoms with Crippen molar-refractivity contribution in [2.24, 2.45) is 5.92 Å². The maximum Gasteiger partial charge on any atom is 0.409 e. The van der Waals surface area contributed by atoms with Crippen molar-refractivity contribution in [2.45, 2.75) is 18.6 Å². The number of carboxylic acid groups (broad SMARTS) is 1. The van der Waals surface area contributed by atoms with Crippen molar-refractivity contribution in [1.82, 2.24) is 0 Å². The van der Waals surface area contributed by atoms with Crippen LogP contribution >= 0.6 is 0 Å². The average molecular weight is 339 g/mol. The number of rotatable bonds is 2. The summed E-state index contributed by atoms with van der Waals surface area (Å²) >= 11 is 0. The van der Waals surface area contributed by atoms with Crippen LogP contribution in [0.4, 0.5) is 23.2 Å². The molecule has 1 heterocycles. The molecule has 126 valence electrons. The zero-order chi connectivity index (χ0) is 17.5. The largest absolute Gasteiger partial charge is 0.481 e. The molecule has 3 rings (SSSR count). The summed E-state index contributed by atoms with van der Waals surface area (Å²) in [6.07, 6.45) is -4.88. The number of hydrogen-bond donors (Lipinski definition) is 2. The molecular formula is C17H13F4NO2. The second-order valence-corrected chi connectivity index (χ2v) is 5.69. The van der Waals surface area contributed by atoms with E-state index in [4.69, 9.17) is 5.11 Å². The summed E-state index contributed by atoms with van der Waals surface area (Å²) in [6.45, 7) is 0. The molecule has 0 saturated heterocycles. The van der Waals surface area contributed by atoms with E-state index in [9.17, 15) is 22.4 Å². The lowest BCUT2D eigenvalue weighted by atomic mass is 9.85. The summed E-state index contributed by atoms with van der Waals surface area (Å²) in [5.41, 5.74) is 2.14. The molecule has 0 unspecified atom stereocenters. The lowest BCUT2D eigenvalue weighted by molar-refractivity contribution is -0.169. The Labute approximate surface area is 134 Å². The number of halogens is 4. The molecule has 2 N–H and O–H groups in total. The first-order valence-corrected chi connectivity index (χ1v) is 7.20. The first-order valence-electron chi connectivity index (χ1n) is 7.20. The molecule has 0 bridgehead atoms. The number of anilines is 1. The first kappa shape index (κ1) is 16.3. The Bertz CT molecular complexity index is 771. The maximum absolute atomic E-state index is 13.1. The molecule has 0 spiro atoms. The van der Waals surface area contributed by atoms with Crippen molar-refractivity contribution in [3.63, 3.8) is 0 Å². The van der Waals surface area contributed by atoms with E-state index < -0.39 is 29.9 Å². The van der Waals surface area contributed by atoms with Crippen molar-refractivity contribution >= 4 is 11.7 Å². The molecule has 1 aliphatic rings. The fraction of sp³-hybridized carbons (Fsp3) is 0.235. The third kappa shape index (κ3) is 3.06. The van der Waals surface area contributed by atoms with E-state index in [-0.39, 0.29) is 12.1 Å². The van der Waals surface area contributed by atoms with Crippen molar-refractivity contribution < 1.29 is 27.5 Å². The Morgan fingerprint density at radius 1 is 1.08 bits per heavy atom. The van der Waals surface area contributed by atoms with Gasteiger partial charge in [-0.1, -0.05) is 18.2 Å². The minimum absolute atomic E-state index is 0.225. The monoisotopic (exact) mass is 339 g/mol. The van der Waals surface area contributed by atoms with Gasteiger partial charge in [-0.25, -0.2) is 4.39 Å². The summed E-state index contributed by atoms with van der Waals surface area (Å²) in [4.78, 5) is 11.2. The summed E-state index contributed by atoms with van der Waals surface area (Å²) in [5, 5.41) is 11.4. The molecule has 2 atom stereocenters. The zero-order valence-corrected chi connectivity index (χ0v) is 12.3. The van der Waals surface area contributed by atoms with E-state index in [0.717, 1.165) is 0 Å². The molecule has 2 aromatic rings. The van der Waals surface area contributed by atoms with E-state index >= 15 is 0 Å². The Morgan fingerprint density at radius 2 is 1.71 bits per heavy atom. The van der Waals surface area contributed by atoms with Gasteiger partial charge in [0.1, 0.15) is 11.9 Å². The van der Waals surface area contributed by atoms with Gasteiger partial charge < -0.3 is 10.4 Å². The van der Waals surface area contributed by atoms with Gasteiger partial charge in [0.25, 0.3) is 0 Å². The Kier molecular flexibility index (Phi) is 3.95. The molecule has 7 heteroatoms. The molecular weight excluding hydrogens is 326 g/mol. The van der Waals surface area contributed by atoms with Crippen LogP contribution in [-0.2, 0) is 11.2 Å². The van der Waals surface area contributed by atoms with E-state index in [1.807, 2.05) is 0 Å². The lowest BCUT2D eigenvalue weighted by Gasteiger charge is -2.33. The lowest BCUT2D eigenvalue weighted by Crippen LogP contribution is -2.49. The summed E-state index contributed by atoms with van der Waals surface area (Å²) in [7, 11) is 0. The van der Waals surface area contributed by atoms with Gasteiger partial charge in [-0.15, -0.1) is 0 Å². The first-order chi connectivity index (χ1) is 11.3. The van der Waals surface area contributed by atoms with E-state index in [1.54, 1.807) is 24.3 Å². The normalized spacial score (nSPS) is 20.2. The molecule has 0 fully saturated rings. The average Bonchev–Trinajstić information content (AvgIpc) is 2.53. The molecule has 24 heavy (non-hydrogen) atoms. The predicted molar refractivity (Wildman–Crippen MR) is 80.1 cm³/mol. The van der Waals surface area contributed by atoms with Crippen molar-refractivity contribution in [2.75, 3.05) is 5.32 Å². The Hall–Kier alpha value is -2.57. The van der Waals surface area contributed by atoms with Crippen LogP contribution in [0.2, 0.25) is 0 Å². The smallest absolute Gasteiger partial charge is 0.409 e. The fourth-order valence-electron chi connectivity index (χ4n) is 2.89. The van der Waals surface area contributed by atoms with Crippen molar-refractivity contribution in [1.29, 1.82) is 0 Å². The summed E-state index contributed by atoms with van der Waals surface area (Å²) < 4.78 is 52.2. The molecule has 3 nitrogen and oxygen atoms in total. The predicted octanol–water partition coefficient (Wildman–Crippen LogP) is 4.09. The number of fused-ring (bicyclic) bond motifs is 1. The number of nitrogens with one attached hydrogen (secondary N) is 1. The quantitative estimate of drug-likeness (QED) is 0.810. The van der Waals surface area contributed by atoms with Gasteiger partial charge in [0, 0.05) is 5.69 Å². The number of carboxylic acids is 1. The molecule has 0 amide bonds. The van der Waals surface area contributed by atoms with Crippen molar-refractivity contribution in [3.05, 3.63) is 53.8 Å². The zero-order valence-electron chi connectivity index (χ0n) is 12.3. The second-order valence-electron chi connectivity index (χ2n) is 5.69. The number of alkyl halides is 3. The number of aliphatic carboxylic acids is 1. The number of carbonyl (C=O) groups is 1. The maximum atomic E-state index is 13.1. The third-order valence-electron chi connectivity index (χ3n) is 4.11. The standard InChI is InChI=1S/C17H13F4NO2/c18-12-4-1-9(2-5-12)10-3-6-14-11(7-10)8-13(16(23)24)15(22-14)17(19,20)21/h1-7,13,15,22H,8H2,(H,23,24)/t13-,15+/m1/s1. The fourth-order valence-corrected chi connectivity index (χ4v) is 2.89. The van der Waals surface area contributed by atoms with Crippen LogP contribution in [-0.4, -0.2) is 23.3 Å². The highest BCUT2D eigenvalue weighted by molar-refractivity contribution is 5.76. The molecule has 0 radical (unpaired) electrons. The van der Waals surface area contributed by atoms with Crippen LogP contribution in [0.5, 0.6) is 0 Å². The van der Waals surface area contributed by atoms with Crippen LogP contribution in [0, 0.1) is 11.7 Å². The second kappa shape index (κ2) is 5.81. The van der Waals surface area contributed by atoms with Crippen LogP contribution in [0.3, 0.4) is 0 Å². The molecule has 0 saturated carbocycles. The van der Waals surface area contributed by atoms with Crippen LogP contribution in [0.25, 0.3) is 11.1 Å².